The summed E-state index contributed by atoms with van der Waals surface area (Å²) in [5.74, 6) is -1.48. The Kier molecular flexibility index (Phi) is 10.2. The average molecular weight is 717 g/mol. The number of fused-ring (bicyclic) bond motifs is 2. The molecule has 254 valence electrons. The Morgan fingerprint density at radius 3 is 2.70 bits per heavy atom. The fourth-order valence-corrected chi connectivity index (χ4v) is 6.60. The molecule has 2 aliphatic heterocycles. The molecule has 1 aromatic carbocycles. The molecule has 3 N–H and O–H groups in total. The number of nitrogens with zero attached hydrogens (tertiary/aromatic N) is 5. The van der Waals surface area contributed by atoms with Gasteiger partial charge in [-0.3, -0.25) is 9.59 Å². The molecule has 14 nitrogen and oxygen atoms in total. The predicted octanol–water partition coefficient (Wildman–Crippen LogP) is 4.02. The minimum absolute atomic E-state index is 0.0512. The van der Waals surface area contributed by atoms with Gasteiger partial charge in [0.2, 0.25) is 17.6 Å². The number of aliphatic carboxylic acids is 1. The second kappa shape index (κ2) is 14.0. The van der Waals surface area contributed by atoms with Crippen molar-refractivity contribution in [2.24, 2.45) is 5.92 Å². The van der Waals surface area contributed by atoms with Crippen molar-refractivity contribution in [2.45, 2.75) is 102 Å². The van der Waals surface area contributed by atoms with Crippen LogP contribution >= 0.6 is 15.9 Å². The van der Waals surface area contributed by atoms with E-state index in [9.17, 15) is 24.3 Å². The number of hydrogen-bond donors (Lipinski definition) is 3. The van der Waals surface area contributed by atoms with Crippen LogP contribution in [0.2, 0.25) is 0 Å². The van der Waals surface area contributed by atoms with Crippen LogP contribution in [0.3, 0.4) is 0 Å². The first-order valence-electron chi connectivity index (χ1n) is 16.1. The number of alkyl carbamates (subject to hydrolysis) is 1. The van der Waals surface area contributed by atoms with E-state index in [2.05, 4.69) is 42.0 Å². The van der Waals surface area contributed by atoms with Crippen molar-refractivity contribution in [3.63, 3.8) is 0 Å². The number of ether oxygens (including phenoxy) is 2. The van der Waals surface area contributed by atoms with E-state index in [1.54, 1.807) is 26.8 Å². The topological polar surface area (TPSA) is 178 Å². The first kappa shape index (κ1) is 34.3. The van der Waals surface area contributed by atoms with Crippen LogP contribution in [0.4, 0.5) is 4.79 Å². The van der Waals surface area contributed by atoms with E-state index in [0.717, 1.165) is 23.7 Å². The maximum absolute atomic E-state index is 14.2. The summed E-state index contributed by atoms with van der Waals surface area (Å²) in [4.78, 5) is 56.1. The van der Waals surface area contributed by atoms with Gasteiger partial charge < -0.3 is 30.1 Å². The summed E-state index contributed by atoms with van der Waals surface area (Å²) in [5.41, 5.74) is -1.53. The van der Waals surface area contributed by atoms with Crippen LogP contribution in [0.5, 0.6) is 5.75 Å². The smallest absolute Gasteiger partial charge is 0.408 e. The summed E-state index contributed by atoms with van der Waals surface area (Å²) in [6, 6.07) is 2.90. The van der Waals surface area contributed by atoms with Crippen molar-refractivity contribution in [3.8, 4) is 17.1 Å². The molecular formula is C32H42BrN7O7. The molecule has 2 fully saturated rings. The van der Waals surface area contributed by atoms with Gasteiger partial charge in [-0.25, -0.2) is 9.59 Å². The number of rotatable bonds is 6. The lowest BCUT2D eigenvalue weighted by Crippen LogP contribution is -2.56. The predicted molar refractivity (Wildman–Crippen MR) is 173 cm³/mol. The summed E-state index contributed by atoms with van der Waals surface area (Å²) >= 11 is 3.51. The van der Waals surface area contributed by atoms with E-state index < -0.39 is 53.1 Å². The van der Waals surface area contributed by atoms with E-state index in [0.29, 0.717) is 36.6 Å². The minimum Gasteiger partial charge on any atom is -0.493 e. The van der Waals surface area contributed by atoms with Crippen molar-refractivity contribution in [1.29, 1.82) is 0 Å². The molecule has 1 saturated heterocycles. The normalized spacial score (nSPS) is 26.7. The maximum atomic E-state index is 14.2. The second-order valence-corrected chi connectivity index (χ2v) is 14.1. The zero-order valence-corrected chi connectivity index (χ0v) is 28.7. The highest BCUT2D eigenvalue weighted by atomic mass is 79.9. The summed E-state index contributed by atoms with van der Waals surface area (Å²) in [6.45, 7) is 7.66. The Morgan fingerprint density at radius 1 is 1.21 bits per heavy atom. The molecule has 3 amide bonds. The van der Waals surface area contributed by atoms with Crippen LogP contribution in [-0.2, 0) is 19.1 Å². The van der Waals surface area contributed by atoms with Crippen LogP contribution in [-0.4, -0.2) is 90.5 Å². The molecule has 1 aliphatic carbocycles. The summed E-state index contributed by atoms with van der Waals surface area (Å²) in [5, 5.41) is 28.7. The number of carboxylic acids is 1. The fourth-order valence-electron chi connectivity index (χ4n) is 6.10. The van der Waals surface area contributed by atoms with Gasteiger partial charge in [-0.15, -0.1) is 10.2 Å². The molecule has 0 spiro atoms. The van der Waals surface area contributed by atoms with Crippen molar-refractivity contribution in [1.82, 2.24) is 35.7 Å². The molecule has 0 radical (unpaired) electrons. The molecule has 3 aliphatic rings. The van der Waals surface area contributed by atoms with Gasteiger partial charge in [0.15, 0.2) is 0 Å². The first-order chi connectivity index (χ1) is 22.3. The zero-order valence-electron chi connectivity index (χ0n) is 27.1. The van der Waals surface area contributed by atoms with E-state index in [4.69, 9.17) is 9.47 Å². The largest absolute Gasteiger partial charge is 0.493 e. The lowest BCUT2D eigenvalue weighted by Gasteiger charge is -2.30. The van der Waals surface area contributed by atoms with Crippen molar-refractivity contribution in [3.05, 3.63) is 34.8 Å². The number of benzene rings is 1. The van der Waals surface area contributed by atoms with Crippen LogP contribution in [0.25, 0.3) is 11.4 Å². The number of amides is 3. The van der Waals surface area contributed by atoms with Crippen LogP contribution < -0.4 is 15.4 Å². The van der Waals surface area contributed by atoms with Gasteiger partial charge in [-0.1, -0.05) is 25.0 Å². The van der Waals surface area contributed by atoms with Crippen LogP contribution in [0.15, 0.2) is 34.8 Å². The van der Waals surface area contributed by atoms with Crippen molar-refractivity contribution >= 4 is 39.8 Å². The van der Waals surface area contributed by atoms with Crippen LogP contribution in [0.1, 0.15) is 78.7 Å². The second-order valence-electron chi connectivity index (χ2n) is 13.2. The number of hydrogen-bond acceptors (Lipinski definition) is 9. The zero-order chi connectivity index (χ0) is 33.9. The van der Waals surface area contributed by atoms with E-state index >= 15 is 0 Å². The summed E-state index contributed by atoms with van der Waals surface area (Å²) in [6.07, 6.45) is 6.85. The number of carbonyl (C=O) groups excluding carboxylic acids is 3. The standard InChI is InChI=1S/C32H42BrN7O7/c1-5-46-25-14-13-19(15-22(25)33)26-36-38-40(37-26)21-16-24-27(41)35-32(29(43)44)17-20(32)11-9-7-6-8-10-12-23(28(42)39(24)18-21)34-30(45)47-31(2,3)4/h9,11,13-15,20-21,23-24H,5-8,10,12,16-18H2,1-4H3,(H,34,45)(H,35,41)(H,43,44)/t20-,21-,23+,24+,32-/m1/s1. The van der Waals surface area contributed by atoms with Gasteiger partial charge in [-0.2, -0.15) is 4.80 Å². The van der Waals surface area contributed by atoms with Crippen LogP contribution in [0, 0.1) is 5.92 Å². The number of aromatic nitrogens is 4. The number of nitrogens with one attached hydrogen (secondary N) is 2. The average Bonchev–Trinajstić information content (AvgIpc) is 3.32. The Labute approximate surface area is 281 Å². The van der Waals surface area contributed by atoms with Gasteiger partial charge in [0.05, 0.1) is 17.1 Å². The van der Waals surface area contributed by atoms with Gasteiger partial charge in [-0.05, 0) is 92.7 Å². The minimum atomic E-state index is -1.44. The molecule has 47 heavy (non-hydrogen) atoms. The first-order valence-corrected chi connectivity index (χ1v) is 16.8. The lowest BCUT2D eigenvalue weighted by molar-refractivity contribution is -0.145. The molecule has 0 bridgehead atoms. The number of carboxylic acid groups (broad SMARTS) is 1. The van der Waals surface area contributed by atoms with Gasteiger partial charge in [0.25, 0.3) is 0 Å². The highest BCUT2D eigenvalue weighted by Crippen LogP contribution is 2.45. The molecule has 5 rings (SSSR count). The Balaban J connectivity index is 1.44. The lowest BCUT2D eigenvalue weighted by atomic mass is 10.0. The molecule has 5 atom stereocenters. The van der Waals surface area contributed by atoms with E-state index in [1.165, 1.54) is 9.70 Å². The highest BCUT2D eigenvalue weighted by molar-refractivity contribution is 9.10. The van der Waals surface area contributed by atoms with Gasteiger partial charge in [0.1, 0.15) is 29.0 Å². The highest BCUT2D eigenvalue weighted by Gasteiger charge is 2.61. The maximum Gasteiger partial charge on any atom is 0.408 e. The molecule has 1 saturated carbocycles. The molecule has 3 heterocycles. The molecular weight excluding hydrogens is 674 g/mol. The number of carbonyl (C=O) groups is 4. The Hall–Kier alpha value is -4.01. The molecule has 1 aromatic heterocycles. The fraction of sp³-hybridized carbons (Fsp3) is 0.594. The third-order valence-electron chi connectivity index (χ3n) is 8.57. The van der Waals surface area contributed by atoms with E-state index in [-0.39, 0.29) is 25.3 Å². The quantitative estimate of drug-likeness (QED) is 0.370. The van der Waals surface area contributed by atoms with Gasteiger partial charge in [0, 0.05) is 24.4 Å². The Bertz CT molecular complexity index is 1540. The van der Waals surface area contributed by atoms with E-state index in [1.807, 2.05) is 31.2 Å². The van der Waals surface area contributed by atoms with Gasteiger partial charge >= 0.3 is 12.1 Å². The molecule has 0 unspecified atom stereocenters. The molecule has 15 heteroatoms. The number of halogens is 1. The Morgan fingerprint density at radius 2 is 2.00 bits per heavy atom. The molecule has 2 aromatic rings. The monoisotopic (exact) mass is 715 g/mol. The number of allylic oxidation sites excluding steroid dienone is 1. The SMILES string of the molecule is CCOc1ccc(-c2nnn([C@@H]3C[C@H]4C(=O)N[C@]5(C(=O)O)C[C@H]5C=CCCCCC[C@H](NC(=O)OC(C)(C)C)C(=O)N4C3)n2)cc1Br. The summed E-state index contributed by atoms with van der Waals surface area (Å²) in [7, 11) is 0. The number of tetrazole rings is 1. The third-order valence-corrected chi connectivity index (χ3v) is 9.19. The summed E-state index contributed by atoms with van der Waals surface area (Å²) < 4.78 is 11.8. The third kappa shape index (κ3) is 7.94. The van der Waals surface area contributed by atoms with Crippen molar-refractivity contribution < 1.29 is 33.8 Å². The van der Waals surface area contributed by atoms with Crippen molar-refractivity contribution in [2.75, 3.05) is 13.2 Å².